The van der Waals surface area contributed by atoms with Gasteiger partial charge in [-0.15, -0.1) is 0 Å². The molecule has 0 unspecified atom stereocenters. The molecule has 3 aromatic carbocycles. The molecule has 0 aliphatic heterocycles. The molecule has 3 aromatic rings. The Bertz CT molecular complexity index is 1070. The van der Waals surface area contributed by atoms with Crippen molar-refractivity contribution in [3.63, 3.8) is 0 Å². The van der Waals surface area contributed by atoms with Gasteiger partial charge in [0, 0.05) is 29.5 Å². The quantitative estimate of drug-likeness (QED) is 0.375. The van der Waals surface area contributed by atoms with E-state index in [2.05, 4.69) is 49.3 Å². The molecule has 0 amide bonds. The Morgan fingerprint density at radius 2 is 1.73 bits per heavy atom. The monoisotopic (exact) mass is 400 g/mol. The van der Waals surface area contributed by atoms with E-state index in [1.807, 2.05) is 60.8 Å². The van der Waals surface area contributed by atoms with Crippen molar-refractivity contribution in [1.29, 1.82) is 0 Å². The van der Waals surface area contributed by atoms with Gasteiger partial charge in [0.05, 0.1) is 6.42 Å². The Balaban J connectivity index is 1.92. The zero-order chi connectivity index (χ0) is 21.6. The molecule has 0 saturated carbocycles. The number of hydrogen-bond donors (Lipinski definition) is 3. The van der Waals surface area contributed by atoms with E-state index < -0.39 is 5.97 Å². The number of para-hydroxylation sites is 1. The number of benzene rings is 3. The Kier molecular flexibility index (Phi) is 6.58. The van der Waals surface area contributed by atoms with Gasteiger partial charge in [0.2, 0.25) is 0 Å². The zero-order valence-electron chi connectivity index (χ0n) is 17.5. The Labute approximate surface area is 177 Å². The minimum atomic E-state index is -0.816. The maximum absolute atomic E-state index is 11.0. The van der Waals surface area contributed by atoms with E-state index in [9.17, 15) is 4.79 Å². The van der Waals surface area contributed by atoms with Gasteiger partial charge in [-0.05, 0) is 46.2 Å². The van der Waals surface area contributed by atoms with Crippen molar-refractivity contribution in [1.82, 2.24) is 0 Å². The van der Waals surface area contributed by atoms with Crippen LogP contribution in [0.3, 0.4) is 0 Å². The summed E-state index contributed by atoms with van der Waals surface area (Å²) in [6.45, 7) is 9.00. The number of fused-ring (bicyclic) bond motifs is 1. The van der Waals surface area contributed by atoms with Crippen LogP contribution < -0.4 is 10.6 Å². The summed E-state index contributed by atoms with van der Waals surface area (Å²) in [5, 5.41) is 17.9. The fourth-order valence-electron chi connectivity index (χ4n) is 3.54. The SMILES string of the molecule is C=C(/C=C/Nc1ccccc1)C(C)(C)c1c(NCCC(=O)O)ccc2ccccc12. The van der Waals surface area contributed by atoms with Crippen LogP contribution in [0.5, 0.6) is 0 Å². The van der Waals surface area contributed by atoms with Gasteiger partial charge in [0.15, 0.2) is 0 Å². The van der Waals surface area contributed by atoms with Crippen molar-refractivity contribution >= 4 is 28.1 Å². The predicted octanol–water partition coefficient (Wildman–Crippen LogP) is 6.19. The smallest absolute Gasteiger partial charge is 0.305 e. The van der Waals surface area contributed by atoms with Crippen LogP contribution in [0, 0.1) is 0 Å². The number of hydrogen-bond acceptors (Lipinski definition) is 3. The summed E-state index contributed by atoms with van der Waals surface area (Å²) in [4.78, 5) is 11.0. The topological polar surface area (TPSA) is 61.4 Å². The van der Waals surface area contributed by atoms with E-state index >= 15 is 0 Å². The first-order chi connectivity index (χ1) is 14.4. The number of carbonyl (C=O) groups is 1. The Morgan fingerprint density at radius 1 is 1.03 bits per heavy atom. The summed E-state index contributed by atoms with van der Waals surface area (Å²) in [5.41, 5.74) is 3.64. The number of rotatable bonds is 9. The summed E-state index contributed by atoms with van der Waals surface area (Å²) >= 11 is 0. The molecule has 4 heteroatoms. The standard InChI is InChI=1S/C26H28N2O2/c1-19(15-17-27-21-10-5-4-6-11-21)26(2,3)25-22-12-8-7-9-20(22)13-14-23(25)28-18-16-24(29)30/h4-15,17,27-28H,1,16,18H2,2-3H3,(H,29,30)/b17-15+. The lowest BCUT2D eigenvalue weighted by molar-refractivity contribution is -0.136. The maximum Gasteiger partial charge on any atom is 0.305 e. The van der Waals surface area contributed by atoms with Crippen LogP contribution in [0.25, 0.3) is 10.8 Å². The largest absolute Gasteiger partial charge is 0.481 e. The average Bonchev–Trinajstić information content (AvgIpc) is 2.73. The minimum Gasteiger partial charge on any atom is -0.481 e. The molecular formula is C26H28N2O2. The van der Waals surface area contributed by atoms with Crippen LogP contribution in [0.4, 0.5) is 11.4 Å². The molecule has 3 N–H and O–H groups in total. The summed E-state index contributed by atoms with van der Waals surface area (Å²) in [7, 11) is 0. The fraction of sp³-hybridized carbons (Fsp3) is 0.192. The van der Waals surface area contributed by atoms with E-state index in [0.29, 0.717) is 6.54 Å². The molecule has 0 fully saturated rings. The highest BCUT2D eigenvalue weighted by molar-refractivity contribution is 5.92. The lowest BCUT2D eigenvalue weighted by Crippen LogP contribution is -2.22. The molecule has 4 nitrogen and oxygen atoms in total. The predicted molar refractivity (Wildman–Crippen MR) is 126 cm³/mol. The molecule has 0 aromatic heterocycles. The third-order valence-electron chi connectivity index (χ3n) is 5.32. The van der Waals surface area contributed by atoms with Gasteiger partial charge < -0.3 is 15.7 Å². The first kappa shape index (κ1) is 21.2. The Morgan fingerprint density at radius 3 is 2.47 bits per heavy atom. The summed E-state index contributed by atoms with van der Waals surface area (Å²) in [6, 6.07) is 22.3. The molecule has 0 saturated heterocycles. The highest BCUT2D eigenvalue weighted by atomic mass is 16.4. The third kappa shape index (κ3) is 4.90. The lowest BCUT2D eigenvalue weighted by atomic mass is 9.75. The first-order valence-electron chi connectivity index (χ1n) is 10.0. The number of carboxylic acid groups (broad SMARTS) is 1. The van der Waals surface area contributed by atoms with Gasteiger partial charge in [0.1, 0.15) is 0 Å². The molecule has 0 heterocycles. The molecule has 0 atom stereocenters. The van der Waals surface area contributed by atoms with Crippen molar-refractivity contribution in [2.45, 2.75) is 25.7 Å². The molecule has 0 radical (unpaired) electrons. The van der Waals surface area contributed by atoms with E-state index in [4.69, 9.17) is 5.11 Å². The number of allylic oxidation sites excluding steroid dienone is 2. The minimum absolute atomic E-state index is 0.0640. The van der Waals surface area contributed by atoms with Crippen LogP contribution in [0.2, 0.25) is 0 Å². The van der Waals surface area contributed by atoms with Crippen molar-refractivity contribution in [2.75, 3.05) is 17.2 Å². The summed E-state index contributed by atoms with van der Waals surface area (Å²) in [6.07, 6.45) is 3.96. The Hall–Kier alpha value is -3.53. The molecule has 0 aliphatic carbocycles. The second-order valence-electron chi connectivity index (χ2n) is 7.77. The van der Waals surface area contributed by atoms with Crippen molar-refractivity contribution in [3.8, 4) is 0 Å². The van der Waals surface area contributed by atoms with Crippen molar-refractivity contribution < 1.29 is 9.90 Å². The highest BCUT2D eigenvalue weighted by Crippen LogP contribution is 2.40. The normalized spacial score (nSPS) is 11.5. The molecule has 0 spiro atoms. The van der Waals surface area contributed by atoms with Gasteiger partial charge in [-0.1, -0.05) is 69.0 Å². The molecule has 0 aliphatic rings. The number of carboxylic acids is 1. The number of aliphatic carboxylic acids is 1. The van der Waals surface area contributed by atoms with Crippen LogP contribution in [0.15, 0.2) is 91.2 Å². The number of anilines is 2. The average molecular weight is 401 g/mol. The van der Waals surface area contributed by atoms with E-state index in [1.165, 1.54) is 0 Å². The van der Waals surface area contributed by atoms with Crippen LogP contribution in [-0.4, -0.2) is 17.6 Å². The van der Waals surface area contributed by atoms with Crippen molar-refractivity contribution in [2.24, 2.45) is 0 Å². The van der Waals surface area contributed by atoms with Gasteiger partial charge in [0.25, 0.3) is 0 Å². The first-order valence-corrected chi connectivity index (χ1v) is 10.0. The summed E-state index contributed by atoms with van der Waals surface area (Å²) in [5.74, 6) is -0.816. The van der Waals surface area contributed by atoms with Crippen LogP contribution >= 0.6 is 0 Å². The third-order valence-corrected chi connectivity index (χ3v) is 5.32. The zero-order valence-corrected chi connectivity index (χ0v) is 17.5. The van der Waals surface area contributed by atoms with E-state index in [1.54, 1.807) is 0 Å². The van der Waals surface area contributed by atoms with Gasteiger partial charge in [-0.3, -0.25) is 4.79 Å². The lowest BCUT2D eigenvalue weighted by Gasteiger charge is -2.31. The maximum atomic E-state index is 11.0. The summed E-state index contributed by atoms with van der Waals surface area (Å²) < 4.78 is 0. The molecule has 0 bridgehead atoms. The molecule has 3 rings (SSSR count). The molecular weight excluding hydrogens is 372 g/mol. The van der Waals surface area contributed by atoms with Gasteiger partial charge >= 0.3 is 5.97 Å². The highest BCUT2D eigenvalue weighted by Gasteiger charge is 2.28. The van der Waals surface area contributed by atoms with Crippen LogP contribution in [-0.2, 0) is 10.2 Å². The number of nitrogens with one attached hydrogen (secondary N) is 2. The molecule has 154 valence electrons. The van der Waals surface area contributed by atoms with E-state index in [-0.39, 0.29) is 11.8 Å². The van der Waals surface area contributed by atoms with Gasteiger partial charge in [-0.2, -0.15) is 0 Å². The molecule has 30 heavy (non-hydrogen) atoms. The van der Waals surface area contributed by atoms with Crippen molar-refractivity contribution in [3.05, 3.63) is 96.7 Å². The second-order valence-corrected chi connectivity index (χ2v) is 7.77. The fourth-order valence-corrected chi connectivity index (χ4v) is 3.54. The van der Waals surface area contributed by atoms with Crippen LogP contribution in [0.1, 0.15) is 25.8 Å². The van der Waals surface area contributed by atoms with E-state index in [0.717, 1.165) is 33.3 Å². The van der Waals surface area contributed by atoms with Gasteiger partial charge in [-0.25, -0.2) is 0 Å². The second kappa shape index (κ2) is 9.31.